The summed E-state index contributed by atoms with van der Waals surface area (Å²) < 4.78 is 6.77. The summed E-state index contributed by atoms with van der Waals surface area (Å²) >= 11 is 3.38. The van der Waals surface area contributed by atoms with Crippen molar-refractivity contribution in [3.8, 4) is 17.4 Å². The molecule has 1 aromatic carbocycles. The number of nitrogens with zero attached hydrogens (tertiary/aromatic N) is 2. The predicted octanol–water partition coefficient (Wildman–Crippen LogP) is 3.68. The maximum atomic E-state index is 12.8. The standard InChI is InChI=1S/C21H17BrN2O4/c1-12(25)11-24-20(26)17(13(2)18(10-23)21(24)27)9-16-7-8-19(28-16)14-3-5-15(22)6-4-14/h3-9,12,25H,11H2,1-2H3/b17-9+/t12-/m0/s1. The van der Waals surface area contributed by atoms with Gasteiger partial charge < -0.3 is 9.52 Å². The lowest BCUT2D eigenvalue weighted by molar-refractivity contribution is -0.141. The lowest BCUT2D eigenvalue weighted by Gasteiger charge is -2.28. The van der Waals surface area contributed by atoms with Crippen LogP contribution in [0, 0.1) is 11.3 Å². The van der Waals surface area contributed by atoms with Crippen molar-refractivity contribution in [3.63, 3.8) is 0 Å². The predicted molar refractivity (Wildman–Crippen MR) is 107 cm³/mol. The first-order valence-corrected chi connectivity index (χ1v) is 9.34. The molecular weight excluding hydrogens is 424 g/mol. The summed E-state index contributed by atoms with van der Waals surface area (Å²) in [6, 6.07) is 12.9. The molecule has 2 aromatic rings. The fourth-order valence-electron chi connectivity index (χ4n) is 2.90. The highest BCUT2D eigenvalue weighted by atomic mass is 79.9. The zero-order chi connectivity index (χ0) is 20.4. The summed E-state index contributed by atoms with van der Waals surface area (Å²) in [4.78, 5) is 26.1. The lowest BCUT2D eigenvalue weighted by Crippen LogP contribution is -2.45. The molecule has 0 fully saturated rings. The van der Waals surface area contributed by atoms with E-state index < -0.39 is 17.9 Å². The zero-order valence-corrected chi connectivity index (χ0v) is 16.9. The molecule has 1 N–H and O–H groups in total. The Bertz CT molecular complexity index is 1040. The molecule has 1 atom stereocenters. The van der Waals surface area contributed by atoms with E-state index in [4.69, 9.17) is 4.42 Å². The Labute approximate surface area is 170 Å². The van der Waals surface area contributed by atoms with E-state index in [9.17, 15) is 20.0 Å². The number of nitriles is 1. The van der Waals surface area contributed by atoms with Crippen molar-refractivity contribution in [2.75, 3.05) is 6.54 Å². The van der Waals surface area contributed by atoms with Crippen molar-refractivity contribution in [2.45, 2.75) is 20.0 Å². The van der Waals surface area contributed by atoms with Gasteiger partial charge in [0.1, 0.15) is 23.2 Å². The highest BCUT2D eigenvalue weighted by Gasteiger charge is 2.36. The molecule has 1 aliphatic heterocycles. The lowest BCUT2D eigenvalue weighted by atomic mass is 9.94. The van der Waals surface area contributed by atoms with Crippen LogP contribution in [0.1, 0.15) is 19.6 Å². The fraction of sp³-hybridized carbons (Fsp3) is 0.190. The van der Waals surface area contributed by atoms with Gasteiger partial charge in [-0.3, -0.25) is 14.5 Å². The zero-order valence-electron chi connectivity index (χ0n) is 15.3. The van der Waals surface area contributed by atoms with E-state index in [1.165, 1.54) is 13.0 Å². The summed E-state index contributed by atoms with van der Waals surface area (Å²) in [6.45, 7) is 2.84. The van der Waals surface area contributed by atoms with Gasteiger partial charge in [-0.15, -0.1) is 0 Å². The molecule has 28 heavy (non-hydrogen) atoms. The highest BCUT2D eigenvalue weighted by Crippen LogP contribution is 2.29. The largest absolute Gasteiger partial charge is 0.457 e. The van der Waals surface area contributed by atoms with Crippen LogP contribution in [-0.4, -0.2) is 34.5 Å². The van der Waals surface area contributed by atoms with Gasteiger partial charge in [0, 0.05) is 15.6 Å². The minimum Gasteiger partial charge on any atom is -0.457 e. The smallest absolute Gasteiger partial charge is 0.271 e. The SMILES string of the molecule is CC1=C(C#N)C(=O)N(C[C@H](C)O)C(=O)/C1=C/c1ccc(-c2ccc(Br)cc2)o1. The number of aliphatic hydroxyl groups excluding tert-OH is 1. The van der Waals surface area contributed by atoms with Crippen LogP contribution in [0.3, 0.4) is 0 Å². The number of hydrogen-bond donors (Lipinski definition) is 1. The summed E-state index contributed by atoms with van der Waals surface area (Å²) in [7, 11) is 0. The highest BCUT2D eigenvalue weighted by molar-refractivity contribution is 9.10. The number of carbonyl (C=O) groups excluding carboxylic acids is 2. The quantitative estimate of drug-likeness (QED) is 0.577. The number of hydrogen-bond acceptors (Lipinski definition) is 5. The van der Waals surface area contributed by atoms with Gasteiger partial charge in [0.15, 0.2) is 0 Å². The van der Waals surface area contributed by atoms with E-state index in [0.29, 0.717) is 17.1 Å². The van der Waals surface area contributed by atoms with Crippen molar-refractivity contribution >= 4 is 33.8 Å². The monoisotopic (exact) mass is 440 g/mol. The van der Waals surface area contributed by atoms with Crippen LogP contribution >= 0.6 is 15.9 Å². The average Bonchev–Trinajstić information content (AvgIpc) is 3.12. The number of halogens is 1. The molecule has 0 bridgehead atoms. The molecule has 0 saturated heterocycles. The van der Waals surface area contributed by atoms with E-state index in [-0.39, 0.29) is 17.7 Å². The Balaban J connectivity index is 2.01. The summed E-state index contributed by atoms with van der Waals surface area (Å²) in [5.41, 5.74) is 1.24. The number of aliphatic hydroxyl groups is 1. The number of β-amino-alcohol motifs (C(OH)–C–C–N with tert-alkyl or cyclic N) is 1. The molecule has 1 aliphatic rings. The van der Waals surface area contributed by atoms with Crippen LogP contribution in [0.2, 0.25) is 0 Å². The third kappa shape index (κ3) is 3.84. The number of furan rings is 1. The van der Waals surface area contributed by atoms with E-state index >= 15 is 0 Å². The first-order valence-electron chi connectivity index (χ1n) is 8.55. The fourth-order valence-corrected chi connectivity index (χ4v) is 3.17. The van der Waals surface area contributed by atoms with Crippen molar-refractivity contribution in [2.24, 2.45) is 0 Å². The van der Waals surface area contributed by atoms with Crippen molar-refractivity contribution in [3.05, 3.63) is 63.4 Å². The molecule has 0 unspecified atom stereocenters. The third-order valence-corrected chi connectivity index (χ3v) is 4.84. The van der Waals surface area contributed by atoms with Gasteiger partial charge in [0.2, 0.25) is 0 Å². The molecule has 2 heterocycles. The Morgan fingerprint density at radius 3 is 2.50 bits per heavy atom. The van der Waals surface area contributed by atoms with Crippen LogP contribution in [0.25, 0.3) is 17.4 Å². The van der Waals surface area contributed by atoms with Crippen LogP contribution in [0.4, 0.5) is 0 Å². The van der Waals surface area contributed by atoms with Crippen LogP contribution < -0.4 is 0 Å². The van der Waals surface area contributed by atoms with Crippen molar-refractivity contribution in [1.82, 2.24) is 4.90 Å². The topological polar surface area (TPSA) is 94.5 Å². The average molecular weight is 441 g/mol. The molecular formula is C21H17BrN2O4. The first kappa shape index (κ1) is 19.8. The molecule has 0 aliphatic carbocycles. The van der Waals surface area contributed by atoms with E-state index in [1.54, 1.807) is 19.1 Å². The second kappa shape index (κ2) is 7.97. The summed E-state index contributed by atoms with van der Waals surface area (Å²) in [6.07, 6.45) is 0.610. The van der Waals surface area contributed by atoms with Gasteiger partial charge in [-0.05, 0) is 49.8 Å². The molecule has 7 heteroatoms. The van der Waals surface area contributed by atoms with Gasteiger partial charge >= 0.3 is 0 Å². The molecule has 1 aromatic heterocycles. The summed E-state index contributed by atoms with van der Waals surface area (Å²) in [5, 5.41) is 18.9. The number of imide groups is 1. The van der Waals surface area contributed by atoms with E-state index in [2.05, 4.69) is 15.9 Å². The maximum Gasteiger partial charge on any atom is 0.271 e. The normalized spacial score (nSPS) is 17.2. The summed E-state index contributed by atoms with van der Waals surface area (Å²) in [5.74, 6) is -0.215. The number of benzene rings is 1. The third-order valence-electron chi connectivity index (χ3n) is 4.31. The number of rotatable bonds is 4. The molecule has 0 saturated carbocycles. The molecule has 2 amide bonds. The Morgan fingerprint density at radius 2 is 1.89 bits per heavy atom. The number of carbonyl (C=O) groups is 2. The molecule has 0 spiro atoms. The van der Waals surface area contributed by atoms with Crippen LogP contribution in [0.15, 0.2) is 62.0 Å². The van der Waals surface area contributed by atoms with Crippen molar-refractivity contribution in [1.29, 1.82) is 5.26 Å². The van der Waals surface area contributed by atoms with Gasteiger partial charge in [-0.1, -0.05) is 28.1 Å². The molecule has 6 nitrogen and oxygen atoms in total. The second-order valence-electron chi connectivity index (χ2n) is 6.45. The van der Waals surface area contributed by atoms with Crippen LogP contribution in [0.5, 0.6) is 0 Å². The van der Waals surface area contributed by atoms with Gasteiger partial charge in [-0.2, -0.15) is 5.26 Å². The minimum atomic E-state index is -0.903. The van der Waals surface area contributed by atoms with E-state index in [0.717, 1.165) is 14.9 Å². The Kier molecular flexibility index (Phi) is 5.63. The second-order valence-corrected chi connectivity index (χ2v) is 7.36. The van der Waals surface area contributed by atoms with E-state index in [1.807, 2.05) is 30.3 Å². The Hall–Kier alpha value is -2.95. The van der Waals surface area contributed by atoms with Gasteiger partial charge in [0.25, 0.3) is 11.8 Å². The molecule has 142 valence electrons. The number of amides is 2. The van der Waals surface area contributed by atoms with Crippen LogP contribution in [-0.2, 0) is 9.59 Å². The Morgan fingerprint density at radius 1 is 1.21 bits per heavy atom. The molecule has 3 rings (SSSR count). The first-order chi connectivity index (χ1) is 13.3. The minimum absolute atomic E-state index is 0.119. The maximum absolute atomic E-state index is 12.8. The van der Waals surface area contributed by atoms with Crippen molar-refractivity contribution < 1.29 is 19.1 Å². The van der Waals surface area contributed by atoms with Gasteiger partial charge in [-0.25, -0.2) is 0 Å². The van der Waals surface area contributed by atoms with Gasteiger partial charge in [0.05, 0.1) is 12.6 Å². The molecule has 0 radical (unpaired) electrons.